The highest BCUT2D eigenvalue weighted by atomic mass is 16.5. The van der Waals surface area contributed by atoms with E-state index in [2.05, 4.69) is 32.7 Å². The van der Waals surface area contributed by atoms with Gasteiger partial charge in [0.2, 0.25) is 17.6 Å². The second-order valence-corrected chi connectivity index (χ2v) is 8.09. The van der Waals surface area contributed by atoms with Crippen LogP contribution >= 0.6 is 0 Å². The molecule has 0 amide bonds. The molecule has 36 heavy (non-hydrogen) atoms. The van der Waals surface area contributed by atoms with Gasteiger partial charge < -0.3 is 14.2 Å². The molecule has 0 radical (unpaired) electrons. The topological polar surface area (TPSA) is 71.3 Å². The van der Waals surface area contributed by atoms with Crippen molar-refractivity contribution in [1.82, 2.24) is 19.5 Å². The molecule has 4 aromatic heterocycles. The number of benzene rings is 2. The molecule has 0 N–H and O–H groups in total. The van der Waals surface area contributed by atoms with E-state index in [0.717, 1.165) is 33.2 Å². The van der Waals surface area contributed by atoms with Gasteiger partial charge in [-0.25, -0.2) is 9.97 Å². The molecule has 4 heterocycles. The van der Waals surface area contributed by atoms with E-state index in [9.17, 15) is 0 Å². The third-order valence-electron chi connectivity index (χ3n) is 5.98. The van der Waals surface area contributed by atoms with Crippen molar-refractivity contribution in [3.05, 3.63) is 97.2 Å². The molecule has 0 bridgehead atoms. The summed E-state index contributed by atoms with van der Waals surface area (Å²) in [6.07, 6.45) is 1.80. The Hall–Kier alpha value is -4.91. The van der Waals surface area contributed by atoms with Gasteiger partial charge in [0.15, 0.2) is 0 Å². The molecule has 6 rings (SSSR count). The summed E-state index contributed by atoms with van der Waals surface area (Å²) in [5, 5.41) is 2.28. The van der Waals surface area contributed by atoms with E-state index in [0.29, 0.717) is 29.1 Å². The van der Waals surface area contributed by atoms with Crippen LogP contribution in [-0.2, 0) is 0 Å². The third kappa shape index (κ3) is 3.76. The summed E-state index contributed by atoms with van der Waals surface area (Å²) in [6, 6.07) is 29.5. The van der Waals surface area contributed by atoms with Crippen molar-refractivity contribution < 1.29 is 14.2 Å². The first kappa shape index (κ1) is 21.6. The van der Waals surface area contributed by atoms with Crippen LogP contribution in [0.3, 0.4) is 0 Å². The second kappa shape index (κ2) is 9.03. The Kier molecular flexibility index (Phi) is 5.42. The van der Waals surface area contributed by atoms with Crippen molar-refractivity contribution in [2.75, 3.05) is 14.2 Å². The SMILES string of the molecule is COc1ccc(-c2cccc(Oc3ccc4c5ccccc5n(-c5ccccn5)c4c3)n2)c(OC)n1. The lowest BCUT2D eigenvalue weighted by Gasteiger charge is -2.11. The first-order chi connectivity index (χ1) is 17.7. The Morgan fingerprint density at radius 3 is 2.36 bits per heavy atom. The minimum atomic E-state index is 0.431. The van der Waals surface area contributed by atoms with E-state index in [-0.39, 0.29) is 0 Å². The first-order valence-corrected chi connectivity index (χ1v) is 11.4. The average Bonchev–Trinajstić information content (AvgIpc) is 3.27. The van der Waals surface area contributed by atoms with Crippen LogP contribution in [0.25, 0.3) is 38.9 Å². The third-order valence-corrected chi connectivity index (χ3v) is 5.98. The number of rotatable bonds is 6. The van der Waals surface area contributed by atoms with Crippen LogP contribution in [0.4, 0.5) is 0 Å². The predicted molar refractivity (Wildman–Crippen MR) is 139 cm³/mol. The minimum Gasteiger partial charge on any atom is -0.481 e. The number of hydrogen-bond donors (Lipinski definition) is 0. The molecule has 0 fully saturated rings. The van der Waals surface area contributed by atoms with Crippen molar-refractivity contribution in [3.8, 4) is 40.5 Å². The largest absolute Gasteiger partial charge is 0.481 e. The van der Waals surface area contributed by atoms with Crippen molar-refractivity contribution in [3.63, 3.8) is 0 Å². The van der Waals surface area contributed by atoms with Crippen molar-refractivity contribution >= 4 is 21.8 Å². The fraction of sp³-hybridized carbons (Fsp3) is 0.0690. The van der Waals surface area contributed by atoms with Crippen LogP contribution in [0, 0.1) is 0 Å². The maximum Gasteiger partial charge on any atom is 0.225 e. The number of fused-ring (bicyclic) bond motifs is 3. The second-order valence-electron chi connectivity index (χ2n) is 8.09. The highest BCUT2D eigenvalue weighted by molar-refractivity contribution is 6.09. The molecule has 0 aliphatic rings. The van der Waals surface area contributed by atoms with E-state index in [4.69, 9.17) is 19.2 Å². The van der Waals surface area contributed by atoms with Crippen molar-refractivity contribution in [2.24, 2.45) is 0 Å². The number of aromatic nitrogens is 4. The fourth-order valence-electron chi connectivity index (χ4n) is 4.38. The summed E-state index contributed by atoms with van der Waals surface area (Å²) < 4.78 is 19.0. The number of hydrogen-bond acceptors (Lipinski definition) is 6. The summed E-state index contributed by atoms with van der Waals surface area (Å²) >= 11 is 0. The lowest BCUT2D eigenvalue weighted by atomic mass is 10.1. The summed E-state index contributed by atoms with van der Waals surface area (Å²) in [4.78, 5) is 13.7. The first-order valence-electron chi connectivity index (χ1n) is 11.4. The Morgan fingerprint density at radius 1 is 0.667 bits per heavy atom. The van der Waals surface area contributed by atoms with Gasteiger partial charge in [0.05, 0.1) is 36.5 Å². The number of para-hydroxylation sites is 1. The van der Waals surface area contributed by atoms with Gasteiger partial charge in [-0.15, -0.1) is 0 Å². The molecule has 0 spiro atoms. The van der Waals surface area contributed by atoms with Gasteiger partial charge in [0.25, 0.3) is 0 Å². The van der Waals surface area contributed by atoms with E-state index in [1.165, 1.54) is 0 Å². The molecule has 0 saturated carbocycles. The quantitative estimate of drug-likeness (QED) is 0.276. The summed E-state index contributed by atoms with van der Waals surface area (Å²) in [5.41, 5.74) is 3.52. The van der Waals surface area contributed by atoms with Crippen molar-refractivity contribution in [2.45, 2.75) is 0 Å². The van der Waals surface area contributed by atoms with Gasteiger partial charge in [-0.1, -0.05) is 30.3 Å². The monoisotopic (exact) mass is 474 g/mol. The van der Waals surface area contributed by atoms with Gasteiger partial charge in [-0.05, 0) is 42.5 Å². The van der Waals surface area contributed by atoms with Crippen molar-refractivity contribution in [1.29, 1.82) is 0 Å². The van der Waals surface area contributed by atoms with Gasteiger partial charge in [-0.2, -0.15) is 4.98 Å². The van der Waals surface area contributed by atoms with Crippen LogP contribution in [-0.4, -0.2) is 33.7 Å². The number of ether oxygens (including phenoxy) is 3. The Bertz CT molecular complexity index is 1700. The summed E-state index contributed by atoms with van der Waals surface area (Å²) in [7, 11) is 3.14. The zero-order valence-electron chi connectivity index (χ0n) is 19.8. The van der Waals surface area contributed by atoms with Gasteiger partial charge >= 0.3 is 0 Å². The molecular formula is C29H22N4O3. The van der Waals surface area contributed by atoms with E-state index in [1.807, 2.05) is 66.7 Å². The fourth-order valence-corrected chi connectivity index (χ4v) is 4.38. The molecule has 2 aromatic carbocycles. The molecule has 0 atom stereocenters. The smallest absolute Gasteiger partial charge is 0.225 e. The van der Waals surface area contributed by atoms with Crippen LogP contribution in [0.2, 0.25) is 0 Å². The molecule has 6 aromatic rings. The van der Waals surface area contributed by atoms with Gasteiger partial charge in [0.1, 0.15) is 11.6 Å². The molecule has 7 heteroatoms. The van der Waals surface area contributed by atoms with Gasteiger partial charge in [-0.3, -0.25) is 4.57 Å². The van der Waals surface area contributed by atoms with Crippen LogP contribution in [0.5, 0.6) is 23.4 Å². The van der Waals surface area contributed by atoms with Crippen LogP contribution in [0.15, 0.2) is 97.2 Å². The molecule has 0 unspecified atom stereocenters. The highest BCUT2D eigenvalue weighted by Crippen LogP contribution is 2.35. The molecular weight excluding hydrogens is 452 g/mol. The molecule has 0 aliphatic heterocycles. The Balaban J connectivity index is 1.42. The van der Waals surface area contributed by atoms with Crippen LogP contribution < -0.4 is 14.2 Å². The number of nitrogens with zero attached hydrogens (tertiary/aromatic N) is 4. The molecule has 176 valence electrons. The zero-order valence-corrected chi connectivity index (χ0v) is 19.8. The summed E-state index contributed by atoms with van der Waals surface area (Å²) in [6.45, 7) is 0. The normalized spacial score (nSPS) is 11.1. The maximum absolute atomic E-state index is 6.22. The zero-order chi connectivity index (χ0) is 24.5. The minimum absolute atomic E-state index is 0.431. The lowest BCUT2D eigenvalue weighted by Crippen LogP contribution is -1.97. The molecule has 0 aliphatic carbocycles. The highest BCUT2D eigenvalue weighted by Gasteiger charge is 2.15. The molecule has 0 saturated heterocycles. The van der Waals surface area contributed by atoms with Gasteiger partial charge in [0, 0.05) is 35.2 Å². The predicted octanol–water partition coefficient (Wildman–Crippen LogP) is 6.45. The molecule has 7 nitrogen and oxygen atoms in total. The maximum atomic E-state index is 6.22. The van der Waals surface area contributed by atoms with E-state index < -0.39 is 0 Å². The lowest BCUT2D eigenvalue weighted by molar-refractivity contribution is 0.365. The summed E-state index contributed by atoms with van der Waals surface area (Å²) in [5.74, 6) is 2.89. The Labute approximate surface area is 207 Å². The van der Waals surface area contributed by atoms with E-state index in [1.54, 1.807) is 26.5 Å². The average molecular weight is 475 g/mol. The number of pyridine rings is 3. The Morgan fingerprint density at radius 2 is 1.53 bits per heavy atom. The van der Waals surface area contributed by atoms with E-state index >= 15 is 0 Å². The van der Waals surface area contributed by atoms with Crippen LogP contribution in [0.1, 0.15) is 0 Å². The number of methoxy groups -OCH3 is 2. The standard InChI is InChI=1S/C29H22N4O3/c1-34-27-16-15-22(29(32-27)35-2)23-9-7-12-28(31-23)36-19-13-14-21-20-8-3-4-10-24(20)33(25(21)18-19)26-11-5-6-17-30-26/h3-18H,1-2H3.